The van der Waals surface area contributed by atoms with Crippen molar-refractivity contribution in [3.05, 3.63) is 0 Å². The quantitative estimate of drug-likeness (QED) is 0.735. The average molecular weight is 230 g/mol. The van der Waals surface area contributed by atoms with E-state index in [2.05, 4.69) is 4.74 Å². The zero-order valence-electron chi connectivity index (χ0n) is 9.70. The lowest BCUT2D eigenvalue weighted by Gasteiger charge is -2.26. The van der Waals surface area contributed by atoms with Crippen molar-refractivity contribution in [1.82, 2.24) is 4.90 Å². The Labute approximate surface area is 87.4 Å². The van der Waals surface area contributed by atoms with Crippen LogP contribution in [0.3, 0.4) is 0 Å². The molecule has 1 aliphatic rings. The van der Waals surface area contributed by atoms with E-state index in [4.69, 9.17) is 2.74 Å². The minimum atomic E-state index is -5.00. The van der Waals surface area contributed by atoms with Gasteiger partial charge in [0, 0.05) is 13.6 Å². The molecule has 0 aromatic rings. The van der Waals surface area contributed by atoms with Crippen molar-refractivity contribution < 1.29 is 30.6 Å². The second-order valence-corrected chi connectivity index (χ2v) is 3.25. The average Bonchev–Trinajstić information content (AvgIpc) is 2.54. The highest BCUT2D eigenvalue weighted by atomic mass is 19.4. The molecule has 1 unspecified atom stereocenters. The van der Waals surface area contributed by atoms with Crippen molar-refractivity contribution >= 4 is 5.91 Å². The summed E-state index contributed by atoms with van der Waals surface area (Å²) >= 11 is 0. The zero-order chi connectivity index (χ0) is 13.2. The van der Waals surface area contributed by atoms with Gasteiger partial charge in [-0.25, -0.2) is 0 Å². The topological polar surface area (TPSA) is 49.8 Å². The number of nitrogens with zero attached hydrogens (tertiary/aromatic N) is 1. The lowest BCUT2D eigenvalue weighted by Crippen LogP contribution is -2.48. The number of aliphatic hydroxyl groups excluding tert-OH is 1. The highest BCUT2D eigenvalue weighted by Gasteiger charge is 2.48. The van der Waals surface area contributed by atoms with Crippen LogP contribution >= 0.6 is 0 Å². The number of carbonyl (C=O) groups is 1. The minimum absolute atomic E-state index is 0.0243. The van der Waals surface area contributed by atoms with Gasteiger partial charge in [0.05, 0.1) is 21.5 Å². The molecule has 0 aromatic carbocycles. The number of methoxy groups -OCH3 is 1. The molecule has 7 heteroatoms. The molecule has 0 aromatic heterocycles. The van der Waals surface area contributed by atoms with Gasteiger partial charge in [-0.3, -0.25) is 4.79 Å². The molecule has 1 heterocycles. The third kappa shape index (κ3) is 2.60. The van der Waals surface area contributed by atoms with Gasteiger partial charge in [-0.2, -0.15) is 13.2 Å². The summed E-state index contributed by atoms with van der Waals surface area (Å²) in [5, 5.41) is 9.42. The lowest BCUT2D eigenvalue weighted by molar-refractivity contribution is -0.187. The Morgan fingerprint density at radius 1 is 1.87 bits per heavy atom. The summed E-state index contributed by atoms with van der Waals surface area (Å²) in [6, 6.07) is -1.15. The van der Waals surface area contributed by atoms with Crippen LogP contribution in [-0.4, -0.2) is 54.4 Å². The van der Waals surface area contributed by atoms with E-state index >= 15 is 0 Å². The van der Waals surface area contributed by atoms with Gasteiger partial charge in [0.1, 0.15) is 0 Å². The lowest BCUT2D eigenvalue weighted by atomic mass is 10.2. The van der Waals surface area contributed by atoms with E-state index in [1.807, 2.05) is 0 Å². The number of likely N-dealkylation sites (tertiary alicyclic amines) is 1. The Kier molecular flexibility index (Phi) is 2.73. The maximum absolute atomic E-state index is 12.2. The molecule has 0 saturated carbocycles. The smallest absolute Gasteiger partial charge is 0.391 e. The first-order valence-corrected chi connectivity index (χ1v) is 4.25. The molecule has 1 aliphatic heterocycles. The first-order valence-electron chi connectivity index (χ1n) is 5.41. The Hall–Kier alpha value is -0.820. The van der Waals surface area contributed by atoms with Crippen molar-refractivity contribution in [2.24, 2.45) is 0 Å². The fourth-order valence-corrected chi connectivity index (χ4v) is 1.55. The normalized spacial score (nSPS) is 31.1. The molecule has 1 saturated heterocycles. The van der Waals surface area contributed by atoms with Crippen LogP contribution in [0.5, 0.6) is 0 Å². The van der Waals surface area contributed by atoms with Gasteiger partial charge in [-0.1, -0.05) is 0 Å². The maximum Gasteiger partial charge on any atom is 0.471 e. The number of hydrogen-bond donors (Lipinski definition) is 1. The van der Waals surface area contributed by atoms with Crippen LogP contribution in [0.2, 0.25) is 0 Å². The van der Waals surface area contributed by atoms with E-state index in [1.54, 1.807) is 0 Å². The van der Waals surface area contributed by atoms with Gasteiger partial charge in [0.15, 0.2) is 0 Å². The summed E-state index contributed by atoms with van der Waals surface area (Å²) in [5.74, 6) is -2.03. The Morgan fingerprint density at radius 3 is 3.07 bits per heavy atom. The molecule has 0 spiro atoms. The van der Waals surface area contributed by atoms with E-state index in [0.717, 1.165) is 0 Å². The van der Waals surface area contributed by atoms with Crippen LogP contribution < -0.4 is 0 Å². The second kappa shape index (κ2) is 4.36. The monoisotopic (exact) mass is 230 g/mol. The van der Waals surface area contributed by atoms with Crippen LogP contribution in [0.25, 0.3) is 0 Å². The van der Waals surface area contributed by atoms with E-state index in [9.17, 15) is 23.1 Å². The molecule has 4 nitrogen and oxygen atoms in total. The number of rotatable bonds is 2. The van der Waals surface area contributed by atoms with Crippen LogP contribution in [0.1, 0.15) is 9.16 Å². The number of carbonyl (C=O) groups excluding carboxylic acids is 1. The fraction of sp³-hybridized carbons (Fsp3) is 0.875. The van der Waals surface area contributed by atoms with Crippen molar-refractivity contribution in [2.45, 2.75) is 24.7 Å². The first-order chi connectivity index (χ1) is 7.73. The molecular weight excluding hydrogens is 215 g/mol. The van der Waals surface area contributed by atoms with Crippen molar-refractivity contribution in [3.8, 4) is 0 Å². The molecule has 3 atom stereocenters. The van der Waals surface area contributed by atoms with Gasteiger partial charge in [-0.15, -0.1) is 0 Å². The van der Waals surface area contributed by atoms with E-state index in [1.165, 1.54) is 0 Å². The number of alkyl halides is 3. The standard InChI is InChI=1S/C8H12F3NO3/c1-15-4-5-6(13)2-3-12(5)7(14)8(9,10)11/h5-6,13H,2-4H2,1H3/t5-,6-/m1/s1/i1TD/t1?,5-,6-. The van der Waals surface area contributed by atoms with Gasteiger partial charge < -0.3 is 14.7 Å². The van der Waals surface area contributed by atoms with Crippen molar-refractivity contribution in [3.63, 3.8) is 0 Å². The third-order valence-corrected chi connectivity index (χ3v) is 2.28. The molecule has 1 fully saturated rings. The summed E-state index contributed by atoms with van der Waals surface area (Å²) in [6.07, 6.45) is -6.10. The highest BCUT2D eigenvalue weighted by Crippen LogP contribution is 2.25. The Morgan fingerprint density at radius 2 is 2.53 bits per heavy atom. The largest absolute Gasteiger partial charge is 0.471 e. The van der Waals surface area contributed by atoms with Gasteiger partial charge >= 0.3 is 12.1 Å². The summed E-state index contributed by atoms with van der Waals surface area (Å²) in [5.41, 5.74) is 0. The van der Waals surface area contributed by atoms with E-state index in [-0.39, 0.29) is 13.0 Å². The predicted octanol–water partition coefficient (Wildman–Crippen LogP) is 0.157. The number of halogens is 3. The van der Waals surface area contributed by atoms with E-state index < -0.39 is 37.9 Å². The van der Waals surface area contributed by atoms with Gasteiger partial charge in [-0.05, 0) is 6.42 Å². The molecular formula is C8H12F3NO3. The van der Waals surface area contributed by atoms with Crippen LogP contribution in [-0.2, 0) is 9.53 Å². The number of amides is 1. The molecule has 15 heavy (non-hydrogen) atoms. The molecule has 1 amide bonds. The summed E-state index contributed by atoms with van der Waals surface area (Å²) in [6.45, 7) is -0.672. The molecule has 0 radical (unpaired) electrons. The van der Waals surface area contributed by atoms with Gasteiger partial charge in [0.25, 0.3) is 0 Å². The zero-order valence-corrected chi connectivity index (χ0v) is 7.70. The second-order valence-electron chi connectivity index (χ2n) is 3.25. The Balaban J connectivity index is 2.68. The summed E-state index contributed by atoms with van der Waals surface area (Å²) in [4.78, 5) is 11.5. The SMILES string of the molecule is [2H]C([3H])OC[C@@H]1[C@H](O)CCN1C(=O)C(F)(F)F. The highest BCUT2D eigenvalue weighted by molar-refractivity contribution is 5.82. The van der Waals surface area contributed by atoms with Crippen LogP contribution in [0, 0.1) is 0 Å². The van der Waals surface area contributed by atoms with Gasteiger partial charge in [0.2, 0.25) is 0 Å². The van der Waals surface area contributed by atoms with Crippen LogP contribution in [0.4, 0.5) is 13.2 Å². The fourth-order valence-electron chi connectivity index (χ4n) is 1.55. The molecule has 1 rings (SSSR count). The molecule has 0 aliphatic carbocycles. The summed E-state index contributed by atoms with van der Waals surface area (Å²) in [7, 11) is -1.66. The number of aliphatic hydroxyl groups is 1. The van der Waals surface area contributed by atoms with Crippen molar-refractivity contribution in [2.75, 3.05) is 20.2 Å². The summed E-state index contributed by atoms with van der Waals surface area (Å²) < 4.78 is 54.6. The molecule has 1 N–H and O–H groups in total. The van der Waals surface area contributed by atoms with E-state index in [0.29, 0.717) is 4.90 Å². The maximum atomic E-state index is 12.2. The third-order valence-electron chi connectivity index (χ3n) is 2.28. The number of hydrogen-bond acceptors (Lipinski definition) is 3. The predicted molar refractivity (Wildman–Crippen MR) is 44.1 cm³/mol. The molecule has 0 bridgehead atoms. The minimum Gasteiger partial charge on any atom is -0.391 e. The Bertz CT molecular complexity index is 288. The first kappa shape index (κ1) is 9.41. The molecule has 88 valence electrons. The number of ether oxygens (including phenoxy) is 1. The van der Waals surface area contributed by atoms with Crippen molar-refractivity contribution in [1.29, 1.82) is 0 Å². The van der Waals surface area contributed by atoms with Crippen LogP contribution in [0.15, 0.2) is 0 Å².